The van der Waals surface area contributed by atoms with Crippen LogP contribution in [0.25, 0.3) is 10.6 Å². The minimum absolute atomic E-state index is 0.248. The van der Waals surface area contributed by atoms with Crippen LogP contribution in [0.5, 0.6) is 0 Å². The lowest BCUT2D eigenvalue weighted by atomic mass is 10.3. The zero-order valence-corrected chi connectivity index (χ0v) is 9.50. The Bertz CT molecular complexity index is 535. The summed E-state index contributed by atoms with van der Waals surface area (Å²) in [5, 5.41) is 4.42. The van der Waals surface area contributed by atoms with Gasteiger partial charge in [0.1, 0.15) is 5.69 Å². The largest absolute Gasteiger partial charge is 0.319 e. The van der Waals surface area contributed by atoms with Crippen LogP contribution in [-0.2, 0) is 4.79 Å². The van der Waals surface area contributed by atoms with Crippen LogP contribution < -0.4 is 10.9 Å². The Morgan fingerprint density at radius 2 is 2.40 bits per heavy atom. The van der Waals surface area contributed by atoms with Gasteiger partial charge in [-0.2, -0.15) is 0 Å². The highest BCUT2D eigenvalue weighted by molar-refractivity contribution is 7.70. The molecule has 0 atom stereocenters. The molecule has 0 spiro atoms. The summed E-state index contributed by atoms with van der Waals surface area (Å²) in [7, 11) is 2.99. The van der Waals surface area contributed by atoms with Gasteiger partial charge in [-0.1, -0.05) is 26.8 Å². The zero-order valence-electron chi connectivity index (χ0n) is 7.87. The first-order chi connectivity index (χ1) is 7.22. The molecule has 2 N–H and O–H groups in total. The highest BCUT2D eigenvalue weighted by Crippen LogP contribution is 2.35. The van der Waals surface area contributed by atoms with Gasteiger partial charge in [0.25, 0.3) is 5.56 Å². The van der Waals surface area contributed by atoms with Gasteiger partial charge in [0, 0.05) is 5.38 Å². The van der Waals surface area contributed by atoms with E-state index in [1.807, 2.05) is 5.38 Å². The molecule has 1 amide bonds. The van der Waals surface area contributed by atoms with E-state index in [0.717, 1.165) is 10.6 Å². The summed E-state index contributed by atoms with van der Waals surface area (Å²) < 4.78 is 0. The average molecular weight is 240 g/mol. The van der Waals surface area contributed by atoms with Crippen LogP contribution in [0.3, 0.4) is 0 Å². The number of allylic oxidation sites excluding steroid dienone is 1. The lowest BCUT2D eigenvalue weighted by Gasteiger charge is -1.96. The molecule has 0 aromatic rings. The Hall–Kier alpha value is -1.40. The van der Waals surface area contributed by atoms with E-state index < -0.39 is 0 Å². The van der Waals surface area contributed by atoms with Crippen LogP contribution >= 0.6 is 20.7 Å². The smallest absolute Gasteiger partial charge is 0.273 e. The van der Waals surface area contributed by atoms with E-state index >= 15 is 0 Å². The Kier molecular flexibility index (Phi) is 2.70. The molecule has 0 fully saturated rings. The molecule has 0 saturated carbocycles. The van der Waals surface area contributed by atoms with Gasteiger partial charge in [-0.25, -0.2) is 0 Å². The number of rotatable bonds is 2. The molecule has 0 bridgehead atoms. The fourth-order valence-electron chi connectivity index (χ4n) is 1.20. The fourth-order valence-corrected chi connectivity index (χ4v) is 3.36. The van der Waals surface area contributed by atoms with E-state index in [2.05, 4.69) is 10.3 Å². The molecule has 6 heteroatoms. The quantitative estimate of drug-likeness (QED) is 0.624. The van der Waals surface area contributed by atoms with Gasteiger partial charge < -0.3 is 10.3 Å². The molecule has 4 nitrogen and oxygen atoms in total. The first-order valence-corrected chi connectivity index (χ1v) is 6.47. The number of aromatic nitrogens is 1. The van der Waals surface area contributed by atoms with Crippen LogP contribution in [-0.4, -0.2) is 10.9 Å². The Labute approximate surface area is 93.0 Å². The molecule has 78 valence electrons. The van der Waals surface area contributed by atoms with Crippen molar-refractivity contribution in [2.75, 3.05) is 5.32 Å². The number of anilines is 1. The van der Waals surface area contributed by atoms with E-state index in [-0.39, 0.29) is 11.5 Å². The van der Waals surface area contributed by atoms with Crippen LogP contribution in [0.4, 0.5) is 5.69 Å². The lowest BCUT2D eigenvalue weighted by Crippen LogP contribution is -2.14. The number of H-pyrrole nitrogens is 1. The summed E-state index contributed by atoms with van der Waals surface area (Å²) in [6, 6.07) is 0. The third-order valence-electron chi connectivity index (χ3n) is 1.81. The SMILES string of the molecule is C/C=C/C(=O)Nc1c2sscc-2[nH]c1=O. The van der Waals surface area contributed by atoms with E-state index in [1.165, 1.54) is 26.8 Å². The predicted molar refractivity (Wildman–Crippen MR) is 62.9 cm³/mol. The second kappa shape index (κ2) is 4.00. The molecular weight excluding hydrogens is 232 g/mol. The van der Waals surface area contributed by atoms with Gasteiger partial charge in [0.2, 0.25) is 5.91 Å². The summed E-state index contributed by atoms with van der Waals surface area (Å²) in [5.74, 6) is -0.283. The molecule has 0 aliphatic carbocycles. The van der Waals surface area contributed by atoms with Crippen LogP contribution in [0.2, 0.25) is 0 Å². The number of nitrogens with one attached hydrogen (secondary N) is 2. The highest BCUT2D eigenvalue weighted by atomic mass is 32.9. The second-order valence-corrected chi connectivity index (χ2v) is 4.94. The van der Waals surface area contributed by atoms with Crippen molar-refractivity contribution in [2.45, 2.75) is 6.92 Å². The van der Waals surface area contributed by atoms with Gasteiger partial charge >= 0.3 is 0 Å². The monoisotopic (exact) mass is 240 g/mol. The molecule has 2 aliphatic rings. The third-order valence-corrected chi connectivity index (χ3v) is 3.91. The van der Waals surface area contributed by atoms with Gasteiger partial charge in [0.15, 0.2) is 0 Å². The maximum absolute atomic E-state index is 11.5. The maximum atomic E-state index is 11.5. The fraction of sp³-hybridized carbons (Fsp3) is 0.111. The number of carbonyl (C=O) groups is 1. The highest BCUT2D eigenvalue weighted by Gasteiger charge is 2.17. The molecule has 2 aliphatic heterocycles. The minimum Gasteiger partial charge on any atom is -0.319 e. The Morgan fingerprint density at radius 1 is 1.60 bits per heavy atom. The Morgan fingerprint density at radius 3 is 3.13 bits per heavy atom. The normalized spacial score (nSPS) is 11.3. The summed E-state index contributed by atoms with van der Waals surface area (Å²) >= 11 is 0. The van der Waals surface area contributed by atoms with E-state index in [1.54, 1.807) is 13.0 Å². The molecular formula is C9H8N2O2S2. The minimum atomic E-state index is -0.283. The van der Waals surface area contributed by atoms with Crippen molar-refractivity contribution in [3.63, 3.8) is 0 Å². The van der Waals surface area contributed by atoms with Gasteiger partial charge in [-0.05, 0) is 13.0 Å². The van der Waals surface area contributed by atoms with Crippen LogP contribution in [0.15, 0.2) is 22.3 Å². The van der Waals surface area contributed by atoms with Crippen molar-refractivity contribution in [3.8, 4) is 10.6 Å². The van der Waals surface area contributed by atoms with Crippen molar-refractivity contribution in [2.24, 2.45) is 0 Å². The van der Waals surface area contributed by atoms with Gasteiger partial charge in [0.05, 0.1) is 10.6 Å². The summed E-state index contributed by atoms with van der Waals surface area (Å²) in [6.07, 6.45) is 3.01. The van der Waals surface area contributed by atoms with E-state index in [0.29, 0.717) is 5.69 Å². The number of carbonyl (C=O) groups excluding carboxylic acids is 1. The number of hydrogen-bond donors (Lipinski definition) is 2. The average Bonchev–Trinajstić information content (AvgIpc) is 2.71. The molecule has 0 radical (unpaired) electrons. The van der Waals surface area contributed by atoms with Crippen LogP contribution in [0.1, 0.15) is 6.92 Å². The van der Waals surface area contributed by atoms with Crippen molar-refractivity contribution in [1.82, 2.24) is 4.98 Å². The van der Waals surface area contributed by atoms with Crippen molar-refractivity contribution in [1.29, 1.82) is 0 Å². The molecule has 0 aromatic carbocycles. The molecule has 15 heavy (non-hydrogen) atoms. The van der Waals surface area contributed by atoms with Gasteiger partial charge in [-0.3, -0.25) is 9.59 Å². The molecule has 0 saturated heterocycles. The molecule has 2 heterocycles. The molecule has 2 rings (SSSR count). The molecule has 0 aromatic heterocycles. The predicted octanol–water partition coefficient (Wildman–Crippen LogP) is 2.12. The first-order valence-electron chi connectivity index (χ1n) is 4.25. The summed E-state index contributed by atoms with van der Waals surface area (Å²) in [5.41, 5.74) is 0.882. The summed E-state index contributed by atoms with van der Waals surface area (Å²) in [6.45, 7) is 1.75. The maximum Gasteiger partial charge on any atom is 0.273 e. The topological polar surface area (TPSA) is 62.0 Å². The van der Waals surface area contributed by atoms with E-state index in [9.17, 15) is 9.59 Å². The lowest BCUT2D eigenvalue weighted by molar-refractivity contribution is -0.111. The van der Waals surface area contributed by atoms with Gasteiger partial charge in [-0.15, -0.1) is 0 Å². The van der Waals surface area contributed by atoms with Crippen molar-refractivity contribution < 1.29 is 4.79 Å². The summed E-state index contributed by atoms with van der Waals surface area (Å²) in [4.78, 5) is 26.2. The third kappa shape index (κ3) is 1.86. The number of fused-ring (bicyclic) bond motifs is 1. The number of amides is 1. The van der Waals surface area contributed by atoms with E-state index in [4.69, 9.17) is 0 Å². The van der Waals surface area contributed by atoms with Crippen LogP contribution in [0, 0.1) is 0 Å². The first kappa shape index (κ1) is 10.1. The van der Waals surface area contributed by atoms with Crippen molar-refractivity contribution in [3.05, 3.63) is 27.9 Å². The Balaban J connectivity index is 2.36. The number of aromatic amines is 1. The van der Waals surface area contributed by atoms with Crippen molar-refractivity contribution >= 4 is 32.3 Å². The number of hydrogen-bond acceptors (Lipinski definition) is 4. The molecule has 0 unspecified atom stereocenters. The standard InChI is InChI=1S/C9H8N2O2S2/c1-2-3-6(12)11-7-8-5(4-14-15-8)10-9(7)13/h2-4H,1H3,(H,10,13)(H,11,12)/b3-2+. The zero-order chi connectivity index (χ0) is 10.8. The second-order valence-electron chi connectivity index (χ2n) is 2.86.